The smallest absolute Gasteiger partial charge is 0.249 e. The van der Waals surface area contributed by atoms with Crippen molar-refractivity contribution >= 4 is 21.8 Å². The molecule has 2 rings (SSSR count). The van der Waals surface area contributed by atoms with Crippen LogP contribution in [0.1, 0.15) is 36.9 Å². The molecule has 0 fully saturated rings. The third kappa shape index (κ3) is 2.66. The third-order valence-electron chi connectivity index (χ3n) is 3.03. The summed E-state index contributed by atoms with van der Waals surface area (Å²) in [6.45, 7) is 1.47. The monoisotopic (exact) mass is 298 g/mol. The number of nitrogens with zero attached hydrogens (tertiary/aromatic N) is 1. The fourth-order valence-electron chi connectivity index (χ4n) is 2.12. The van der Waals surface area contributed by atoms with E-state index in [9.17, 15) is 9.90 Å². The molecule has 0 aliphatic heterocycles. The van der Waals surface area contributed by atoms with Gasteiger partial charge in [-0.15, -0.1) is 0 Å². The first-order chi connectivity index (χ1) is 8.09. The average Bonchev–Trinajstić information content (AvgIpc) is 2.30. The number of fused-ring (bicyclic) bond motifs is 1. The lowest BCUT2D eigenvalue weighted by molar-refractivity contribution is -0.129. The highest BCUT2D eigenvalue weighted by molar-refractivity contribution is 9.10. The van der Waals surface area contributed by atoms with Gasteiger partial charge in [-0.05, 0) is 53.2 Å². The second-order valence-corrected chi connectivity index (χ2v) is 5.17. The van der Waals surface area contributed by atoms with Crippen LogP contribution in [0.25, 0.3) is 0 Å². The van der Waals surface area contributed by atoms with E-state index in [0.717, 1.165) is 29.3 Å². The molecule has 0 saturated heterocycles. The van der Waals surface area contributed by atoms with Gasteiger partial charge in [0.2, 0.25) is 5.91 Å². The second kappa shape index (κ2) is 5.14. The topological polar surface area (TPSA) is 62.2 Å². The Morgan fingerprint density at radius 3 is 3.12 bits per heavy atom. The molecule has 1 aliphatic carbocycles. The van der Waals surface area contributed by atoms with Gasteiger partial charge >= 0.3 is 0 Å². The minimum atomic E-state index is -0.972. The molecule has 0 unspecified atom stereocenters. The van der Waals surface area contributed by atoms with E-state index in [4.69, 9.17) is 0 Å². The molecule has 5 heteroatoms. The zero-order valence-electron chi connectivity index (χ0n) is 9.61. The van der Waals surface area contributed by atoms with Crippen molar-refractivity contribution in [1.29, 1.82) is 0 Å². The molecule has 92 valence electrons. The molecule has 4 nitrogen and oxygen atoms in total. The molecule has 1 heterocycles. The number of aliphatic hydroxyl groups is 1. The molecular weight excluding hydrogens is 284 g/mol. The van der Waals surface area contributed by atoms with Crippen LogP contribution in [0.2, 0.25) is 0 Å². The van der Waals surface area contributed by atoms with Crippen molar-refractivity contribution in [2.45, 2.75) is 38.3 Å². The Bertz CT molecular complexity index is 435. The molecule has 2 atom stereocenters. The lowest BCUT2D eigenvalue weighted by atomic mass is 9.89. The van der Waals surface area contributed by atoms with Crippen molar-refractivity contribution in [1.82, 2.24) is 10.3 Å². The summed E-state index contributed by atoms with van der Waals surface area (Å²) in [6, 6.07) is -0.0363. The third-order valence-corrected chi connectivity index (χ3v) is 3.71. The van der Waals surface area contributed by atoms with Crippen molar-refractivity contribution < 1.29 is 9.90 Å². The normalized spacial score (nSPS) is 20.5. The van der Waals surface area contributed by atoms with Gasteiger partial charge in [-0.2, -0.15) is 0 Å². The molecule has 0 aromatic carbocycles. The first-order valence-corrected chi connectivity index (χ1v) is 6.49. The van der Waals surface area contributed by atoms with Gasteiger partial charge in [0.15, 0.2) is 0 Å². The molecule has 0 radical (unpaired) electrons. The standard InChI is InChI=1S/C12H15BrN2O2/c1-7(16)12(17)15-11-4-2-3-8-9(11)5-14-6-10(8)13/h5-7,11,16H,2-4H2,1H3,(H,15,17)/t7-,11-/m1/s1. The zero-order chi connectivity index (χ0) is 12.4. The minimum absolute atomic E-state index is 0.0363. The van der Waals surface area contributed by atoms with E-state index in [1.54, 1.807) is 12.4 Å². The maximum absolute atomic E-state index is 11.5. The highest BCUT2D eigenvalue weighted by Gasteiger charge is 2.24. The Labute approximate surface area is 109 Å². The molecule has 1 aromatic rings. The summed E-state index contributed by atoms with van der Waals surface area (Å²) in [7, 11) is 0. The van der Waals surface area contributed by atoms with Gasteiger partial charge in [0.05, 0.1) is 6.04 Å². The van der Waals surface area contributed by atoms with Crippen molar-refractivity contribution in [2.75, 3.05) is 0 Å². The van der Waals surface area contributed by atoms with Crippen LogP contribution in [0.3, 0.4) is 0 Å². The summed E-state index contributed by atoms with van der Waals surface area (Å²) in [5.74, 6) is -0.331. The van der Waals surface area contributed by atoms with E-state index in [1.807, 2.05) is 0 Å². The number of aliphatic hydroxyl groups excluding tert-OH is 1. The lowest BCUT2D eigenvalue weighted by Gasteiger charge is -2.27. The number of aromatic nitrogens is 1. The van der Waals surface area contributed by atoms with Crippen molar-refractivity contribution in [3.05, 3.63) is 28.0 Å². The predicted octanol–water partition coefficient (Wildman–Crippen LogP) is 1.72. The van der Waals surface area contributed by atoms with E-state index in [0.29, 0.717) is 0 Å². The molecule has 0 spiro atoms. The highest BCUT2D eigenvalue weighted by Crippen LogP contribution is 2.33. The number of halogens is 1. The summed E-state index contributed by atoms with van der Waals surface area (Å²) in [5.41, 5.74) is 2.27. The van der Waals surface area contributed by atoms with Gasteiger partial charge in [-0.25, -0.2) is 0 Å². The summed E-state index contributed by atoms with van der Waals surface area (Å²) < 4.78 is 0.992. The highest BCUT2D eigenvalue weighted by atomic mass is 79.9. The molecule has 0 saturated carbocycles. The average molecular weight is 299 g/mol. The number of amides is 1. The first kappa shape index (κ1) is 12.5. The van der Waals surface area contributed by atoms with Crippen LogP contribution in [0.5, 0.6) is 0 Å². The van der Waals surface area contributed by atoms with Gasteiger partial charge in [0.25, 0.3) is 0 Å². The van der Waals surface area contributed by atoms with Crippen molar-refractivity contribution in [3.63, 3.8) is 0 Å². The number of hydrogen-bond donors (Lipinski definition) is 2. The molecule has 1 amide bonds. The predicted molar refractivity (Wildman–Crippen MR) is 67.4 cm³/mol. The number of carbonyl (C=O) groups excluding carboxylic acids is 1. The van der Waals surface area contributed by atoms with Gasteiger partial charge in [0.1, 0.15) is 6.10 Å². The van der Waals surface area contributed by atoms with Gasteiger partial charge in [-0.1, -0.05) is 0 Å². The number of pyridine rings is 1. The molecule has 1 aromatic heterocycles. The van der Waals surface area contributed by atoms with Crippen LogP contribution in [0.4, 0.5) is 0 Å². The summed E-state index contributed by atoms with van der Waals surface area (Å²) in [6.07, 6.45) is 5.52. The van der Waals surface area contributed by atoms with E-state index in [2.05, 4.69) is 26.2 Å². The Morgan fingerprint density at radius 1 is 1.65 bits per heavy atom. The number of rotatable bonds is 2. The Morgan fingerprint density at radius 2 is 2.41 bits per heavy atom. The molecule has 0 bridgehead atoms. The molecular formula is C12H15BrN2O2. The molecule has 17 heavy (non-hydrogen) atoms. The quantitative estimate of drug-likeness (QED) is 0.874. The minimum Gasteiger partial charge on any atom is -0.384 e. The van der Waals surface area contributed by atoms with Gasteiger partial charge < -0.3 is 10.4 Å². The Balaban J connectivity index is 2.23. The second-order valence-electron chi connectivity index (χ2n) is 4.32. The number of hydrogen-bond acceptors (Lipinski definition) is 3. The summed E-state index contributed by atoms with van der Waals surface area (Å²) in [4.78, 5) is 15.7. The van der Waals surface area contributed by atoms with E-state index in [1.165, 1.54) is 12.5 Å². The lowest BCUT2D eigenvalue weighted by Crippen LogP contribution is -2.37. The van der Waals surface area contributed by atoms with Gasteiger partial charge in [0, 0.05) is 16.9 Å². The fraction of sp³-hybridized carbons (Fsp3) is 0.500. The number of nitrogens with one attached hydrogen (secondary N) is 1. The van der Waals surface area contributed by atoms with Gasteiger partial charge in [-0.3, -0.25) is 9.78 Å². The number of carbonyl (C=O) groups is 1. The largest absolute Gasteiger partial charge is 0.384 e. The van der Waals surface area contributed by atoms with E-state index < -0.39 is 6.10 Å². The van der Waals surface area contributed by atoms with Crippen LogP contribution in [-0.4, -0.2) is 22.1 Å². The SMILES string of the molecule is C[C@@H](O)C(=O)N[C@@H]1CCCc2c(Br)cncc21. The van der Waals surface area contributed by atoms with E-state index in [-0.39, 0.29) is 11.9 Å². The van der Waals surface area contributed by atoms with Crippen LogP contribution in [0.15, 0.2) is 16.9 Å². The summed E-state index contributed by atoms with van der Waals surface area (Å²) >= 11 is 3.48. The van der Waals surface area contributed by atoms with Crippen LogP contribution in [-0.2, 0) is 11.2 Å². The van der Waals surface area contributed by atoms with E-state index >= 15 is 0 Å². The van der Waals surface area contributed by atoms with Crippen LogP contribution >= 0.6 is 15.9 Å². The summed E-state index contributed by atoms with van der Waals surface area (Å²) in [5, 5.41) is 12.1. The Hall–Kier alpha value is -0.940. The maximum Gasteiger partial charge on any atom is 0.249 e. The molecule has 1 aliphatic rings. The molecule has 2 N–H and O–H groups in total. The first-order valence-electron chi connectivity index (χ1n) is 5.70. The van der Waals surface area contributed by atoms with Crippen molar-refractivity contribution in [3.8, 4) is 0 Å². The zero-order valence-corrected chi connectivity index (χ0v) is 11.2. The van der Waals surface area contributed by atoms with Crippen LogP contribution in [0, 0.1) is 0 Å². The Kier molecular flexibility index (Phi) is 3.79. The van der Waals surface area contributed by atoms with Crippen LogP contribution < -0.4 is 5.32 Å². The fourth-order valence-corrected chi connectivity index (χ4v) is 2.67. The maximum atomic E-state index is 11.5. The van der Waals surface area contributed by atoms with Crippen molar-refractivity contribution in [2.24, 2.45) is 0 Å².